The summed E-state index contributed by atoms with van der Waals surface area (Å²) in [4.78, 5) is 12.0. The number of carbonyl (C=O) groups is 1. The van der Waals surface area contributed by atoms with E-state index in [1.54, 1.807) is 24.1 Å². The maximum Gasteiger partial charge on any atom is 0.317 e. The molecule has 0 unspecified atom stereocenters. The Balaban J connectivity index is 2.76. The highest BCUT2D eigenvalue weighted by Gasteiger charge is 2.10. The number of aliphatic carboxylic acids is 1. The van der Waals surface area contributed by atoms with Gasteiger partial charge in [0.2, 0.25) is 0 Å². The standard InChI is InChI=1S/C10H12ClNO3/c1-12(6-10(14)15)5-7-8(11)3-2-4-9(7)13/h2-4,13H,5-6H2,1H3,(H,14,15). The summed E-state index contributed by atoms with van der Waals surface area (Å²) in [7, 11) is 1.65. The SMILES string of the molecule is CN(CC(=O)O)Cc1c(O)cccc1Cl. The van der Waals surface area contributed by atoms with Crippen LogP contribution in [0.15, 0.2) is 18.2 Å². The van der Waals surface area contributed by atoms with E-state index >= 15 is 0 Å². The number of hydrogen-bond acceptors (Lipinski definition) is 3. The Bertz CT molecular complexity index is 347. The van der Waals surface area contributed by atoms with Gasteiger partial charge in [0.05, 0.1) is 6.54 Å². The number of halogens is 1. The molecule has 0 heterocycles. The van der Waals surface area contributed by atoms with E-state index in [-0.39, 0.29) is 12.3 Å². The van der Waals surface area contributed by atoms with E-state index in [9.17, 15) is 9.90 Å². The molecule has 82 valence electrons. The van der Waals surface area contributed by atoms with Crippen molar-refractivity contribution in [3.8, 4) is 5.75 Å². The van der Waals surface area contributed by atoms with Crippen LogP contribution in [-0.2, 0) is 11.3 Å². The third kappa shape index (κ3) is 3.42. The molecule has 1 rings (SSSR count). The van der Waals surface area contributed by atoms with Crippen molar-refractivity contribution in [2.45, 2.75) is 6.54 Å². The first kappa shape index (κ1) is 11.8. The van der Waals surface area contributed by atoms with Gasteiger partial charge in [0.25, 0.3) is 0 Å². The van der Waals surface area contributed by atoms with E-state index in [1.165, 1.54) is 6.07 Å². The summed E-state index contributed by atoms with van der Waals surface area (Å²) < 4.78 is 0. The minimum Gasteiger partial charge on any atom is -0.508 e. The molecule has 5 heteroatoms. The van der Waals surface area contributed by atoms with E-state index in [4.69, 9.17) is 16.7 Å². The van der Waals surface area contributed by atoms with Crippen molar-refractivity contribution in [1.82, 2.24) is 4.90 Å². The number of hydrogen-bond donors (Lipinski definition) is 2. The molecule has 0 spiro atoms. The van der Waals surface area contributed by atoms with Gasteiger partial charge in [-0.1, -0.05) is 17.7 Å². The van der Waals surface area contributed by atoms with Gasteiger partial charge in [-0.3, -0.25) is 9.69 Å². The number of benzene rings is 1. The second-order valence-electron chi connectivity index (χ2n) is 3.30. The van der Waals surface area contributed by atoms with Crippen LogP contribution in [0.3, 0.4) is 0 Å². The second-order valence-corrected chi connectivity index (χ2v) is 3.71. The first-order valence-corrected chi connectivity index (χ1v) is 4.75. The molecule has 0 aliphatic heterocycles. The topological polar surface area (TPSA) is 60.8 Å². The van der Waals surface area contributed by atoms with Crippen molar-refractivity contribution < 1.29 is 15.0 Å². The fraction of sp³-hybridized carbons (Fsp3) is 0.300. The van der Waals surface area contributed by atoms with Crippen LogP contribution in [0.5, 0.6) is 5.75 Å². The lowest BCUT2D eigenvalue weighted by molar-refractivity contribution is -0.138. The van der Waals surface area contributed by atoms with E-state index in [1.807, 2.05) is 0 Å². The molecular formula is C10H12ClNO3. The molecule has 0 aliphatic rings. The number of phenolic OH excluding ortho intramolecular Hbond substituents is 1. The molecule has 0 aliphatic carbocycles. The fourth-order valence-electron chi connectivity index (χ4n) is 1.26. The maximum absolute atomic E-state index is 10.4. The van der Waals surface area contributed by atoms with E-state index in [0.717, 1.165) is 0 Å². The number of rotatable bonds is 4. The average molecular weight is 230 g/mol. The van der Waals surface area contributed by atoms with Crippen molar-refractivity contribution in [1.29, 1.82) is 0 Å². The molecule has 1 aromatic carbocycles. The number of likely N-dealkylation sites (N-methyl/N-ethyl adjacent to an activating group) is 1. The number of phenols is 1. The maximum atomic E-state index is 10.4. The van der Waals surface area contributed by atoms with Gasteiger partial charge in [-0.15, -0.1) is 0 Å². The minimum absolute atomic E-state index is 0.0831. The van der Waals surface area contributed by atoms with E-state index in [0.29, 0.717) is 17.1 Å². The van der Waals surface area contributed by atoms with Crippen LogP contribution in [0.25, 0.3) is 0 Å². The predicted molar refractivity (Wildman–Crippen MR) is 57.1 cm³/mol. The smallest absolute Gasteiger partial charge is 0.317 e. The first-order valence-electron chi connectivity index (χ1n) is 4.37. The highest BCUT2D eigenvalue weighted by Crippen LogP contribution is 2.26. The minimum atomic E-state index is -0.913. The molecule has 0 fully saturated rings. The highest BCUT2D eigenvalue weighted by atomic mass is 35.5. The van der Waals surface area contributed by atoms with Crippen molar-refractivity contribution in [3.63, 3.8) is 0 Å². The molecule has 0 amide bonds. The van der Waals surface area contributed by atoms with Crippen LogP contribution < -0.4 is 0 Å². The van der Waals surface area contributed by atoms with Gasteiger partial charge in [-0.25, -0.2) is 0 Å². The molecule has 0 saturated heterocycles. The van der Waals surface area contributed by atoms with Crippen molar-refractivity contribution in [2.75, 3.05) is 13.6 Å². The monoisotopic (exact) mass is 229 g/mol. The Labute approximate surface area is 92.7 Å². The Morgan fingerprint density at radius 1 is 1.53 bits per heavy atom. The fourth-order valence-corrected chi connectivity index (χ4v) is 1.49. The summed E-state index contributed by atoms with van der Waals surface area (Å²) in [5, 5.41) is 18.5. The molecule has 0 radical (unpaired) electrons. The number of aromatic hydroxyl groups is 1. The highest BCUT2D eigenvalue weighted by molar-refractivity contribution is 6.31. The third-order valence-corrected chi connectivity index (χ3v) is 2.28. The Kier molecular flexibility index (Phi) is 3.94. The molecular weight excluding hydrogens is 218 g/mol. The molecule has 0 bridgehead atoms. The van der Waals surface area contributed by atoms with Crippen LogP contribution in [0.2, 0.25) is 5.02 Å². The Morgan fingerprint density at radius 2 is 2.20 bits per heavy atom. The van der Waals surface area contributed by atoms with E-state index < -0.39 is 5.97 Å². The van der Waals surface area contributed by atoms with Crippen LogP contribution >= 0.6 is 11.6 Å². The largest absolute Gasteiger partial charge is 0.508 e. The van der Waals surface area contributed by atoms with Gasteiger partial charge in [0.1, 0.15) is 5.75 Å². The third-order valence-electron chi connectivity index (χ3n) is 1.93. The molecule has 4 nitrogen and oxygen atoms in total. The number of carboxylic acids is 1. The van der Waals surface area contributed by atoms with Gasteiger partial charge >= 0.3 is 5.97 Å². The second kappa shape index (κ2) is 5.00. The molecule has 0 atom stereocenters. The normalized spacial score (nSPS) is 10.6. The summed E-state index contributed by atoms with van der Waals surface area (Å²) in [5.74, 6) is -0.830. The van der Waals surface area contributed by atoms with Crippen LogP contribution in [0, 0.1) is 0 Å². The predicted octanol–water partition coefficient (Wildman–Crippen LogP) is 1.56. The van der Waals surface area contributed by atoms with Crippen LogP contribution in [0.1, 0.15) is 5.56 Å². The lowest BCUT2D eigenvalue weighted by Gasteiger charge is -2.15. The van der Waals surface area contributed by atoms with Gasteiger partial charge in [-0.05, 0) is 19.2 Å². The number of nitrogens with zero attached hydrogens (tertiary/aromatic N) is 1. The summed E-state index contributed by atoms with van der Waals surface area (Å²) in [5.41, 5.74) is 0.544. The summed E-state index contributed by atoms with van der Waals surface area (Å²) in [6.07, 6.45) is 0. The summed E-state index contributed by atoms with van der Waals surface area (Å²) in [6.45, 7) is 0.211. The summed E-state index contributed by atoms with van der Waals surface area (Å²) >= 11 is 5.88. The van der Waals surface area contributed by atoms with Crippen molar-refractivity contribution in [3.05, 3.63) is 28.8 Å². The van der Waals surface area contributed by atoms with Gasteiger partial charge < -0.3 is 10.2 Å². The van der Waals surface area contributed by atoms with E-state index in [2.05, 4.69) is 0 Å². The van der Waals surface area contributed by atoms with Gasteiger partial charge in [0.15, 0.2) is 0 Å². The van der Waals surface area contributed by atoms with Crippen molar-refractivity contribution >= 4 is 17.6 Å². The lowest BCUT2D eigenvalue weighted by Crippen LogP contribution is -2.25. The molecule has 1 aromatic rings. The zero-order chi connectivity index (χ0) is 11.4. The van der Waals surface area contributed by atoms with Crippen LogP contribution in [-0.4, -0.2) is 34.7 Å². The zero-order valence-electron chi connectivity index (χ0n) is 8.27. The Morgan fingerprint density at radius 3 is 2.73 bits per heavy atom. The quantitative estimate of drug-likeness (QED) is 0.823. The molecule has 0 saturated carbocycles. The van der Waals surface area contributed by atoms with Crippen molar-refractivity contribution in [2.24, 2.45) is 0 Å². The zero-order valence-corrected chi connectivity index (χ0v) is 9.03. The molecule has 0 aromatic heterocycles. The first-order chi connectivity index (χ1) is 7.00. The summed E-state index contributed by atoms with van der Waals surface area (Å²) in [6, 6.07) is 4.82. The average Bonchev–Trinajstić information content (AvgIpc) is 2.10. The molecule has 15 heavy (non-hydrogen) atoms. The Hall–Kier alpha value is -1.26. The lowest BCUT2D eigenvalue weighted by atomic mass is 10.2. The van der Waals surface area contributed by atoms with Gasteiger partial charge in [0, 0.05) is 17.1 Å². The van der Waals surface area contributed by atoms with Gasteiger partial charge in [-0.2, -0.15) is 0 Å². The number of carboxylic acid groups (broad SMARTS) is 1. The van der Waals surface area contributed by atoms with Crippen LogP contribution in [0.4, 0.5) is 0 Å². The molecule has 2 N–H and O–H groups in total.